The molecule has 11 heteroatoms. The number of nitrogen functional groups attached to an aromatic ring is 1. The zero-order valence-corrected chi connectivity index (χ0v) is 17.7. The smallest absolute Gasteiger partial charge is 0.383 e. The summed E-state index contributed by atoms with van der Waals surface area (Å²) in [6.45, 7) is 2.26. The summed E-state index contributed by atoms with van der Waals surface area (Å²) >= 11 is 0. The van der Waals surface area contributed by atoms with E-state index in [-0.39, 0.29) is 17.4 Å². The van der Waals surface area contributed by atoms with Crippen LogP contribution < -0.4 is 5.73 Å². The average molecular weight is 463 g/mol. The van der Waals surface area contributed by atoms with Crippen molar-refractivity contribution in [3.05, 3.63) is 52.2 Å². The first kappa shape index (κ1) is 21.6. The second kappa shape index (κ2) is 7.68. The first-order valence-corrected chi connectivity index (χ1v) is 10.6. The zero-order valence-electron chi connectivity index (χ0n) is 17.7. The van der Waals surface area contributed by atoms with Gasteiger partial charge in [-0.2, -0.15) is 13.2 Å². The van der Waals surface area contributed by atoms with Crippen LogP contribution in [0.2, 0.25) is 0 Å². The number of carbonyl (C=O) groups is 1. The standard InChI is InChI=1S/C22H21F4N5O2/c1-10(18-15(23)5-11(7-28-18)22(24,25)26)31(12-3-2-4-12)21(32)17-6-16-19(29-17)13-8-33-9-14(13)20(27)30-16/h5-7,10,12,29H,2-4,8-9H2,1H3,(H2,27,30)/t10-/m0/s1. The molecule has 0 radical (unpaired) electrons. The lowest BCUT2D eigenvalue weighted by atomic mass is 9.89. The maximum Gasteiger partial charge on any atom is 0.417 e. The number of fused-ring (bicyclic) bond motifs is 3. The molecule has 3 aromatic rings. The predicted octanol–water partition coefficient (Wildman–Crippen LogP) is 4.48. The van der Waals surface area contributed by atoms with E-state index in [1.807, 2.05) is 0 Å². The Labute approximate surface area is 185 Å². The Morgan fingerprint density at radius 1 is 1.27 bits per heavy atom. The molecule has 174 valence electrons. The third kappa shape index (κ3) is 3.60. The highest BCUT2D eigenvalue weighted by atomic mass is 19.4. The summed E-state index contributed by atoms with van der Waals surface area (Å²) in [5.41, 5.74) is 7.66. The zero-order chi connectivity index (χ0) is 23.5. The number of ether oxygens (including phenoxy) is 1. The third-order valence-electron chi connectivity index (χ3n) is 6.45. The Morgan fingerprint density at radius 3 is 2.64 bits per heavy atom. The molecular weight excluding hydrogens is 442 g/mol. The van der Waals surface area contributed by atoms with E-state index in [2.05, 4.69) is 15.0 Å². The van der Waals surface area contributed by atoms with Crippen LogP contribution in [-0.4, -0.2) is 31.8 Å². The minimum absolute atomic E-state index is 0.172. The van der Waals surface area contributed by atoms with Gasteiger partial charge in [-0.3, -0.25) is 9.78 Å². The van der Waals surface area contributed by atoms with Crippen LogP contribution in [-0.2, 0) is 24.1 Å². The fraction of sp³-hybridized carbons (Fsp3) is 0.409. The molecule has 4 heterocycles. The van der Waals surface area contributed by atoms with Gasteiger partial charge in [0.2, 0.25) is 0 Å². The molecular formula is C22H21F4N5O2. The van der Waals surface area contributed by atoms with Crippen molar-refractivity contribution in [1.82, 2.24) is 19.9 Å². The Bertz CT molecular complexity index is 1250. The minimum Gasteiger partial charge on any atom is -0.383 e. The van der Waals surface area contributed by atoms with Gasteiger partial charge in [0.15, 0.2) is 0 Å². The highest BCUT2D eigenvalue weighted by Crippen LogP contribution is 2.37. The maximum atomic E-state index is 14.7. The number of aromatic nitrogens is 3. The molecule has 33 heavy (non-hydrogen) atoms. The predicted molar refractivity (Wildman–Crippen MR) is 110 cm³/mol. The van der Waals surface area contributed by atoms with Crippen LogP contribution in [0.5, 0.6) is 0 Å². The maximum absolute atomic E-state index is 14.7. The van der Waals surface area contributed by atoms with Gasteiger partial charge in [-0.1, -0.05) is 0 Å². The topological polar surface area (TPSA) is 97.1 Å². The third-order valence-corrected chi connectivity index (χ3v) is 6.45. The number of nitrogens with zero attached hydrogens (tertiary/aromatic N) is 3. The van der Waals surface area contributed by atoms with Gasteiger partial charge in [-0.25, -0.2) is 9.37 Å². The monoisotopic (exact) mass is 463 g/mol. The van der Waals surface area contributed by atoms with Crippen molar-refractivity contribution in [1.29, 1.82) is 0 Å². The van der Waals surface area contributed by atoms with Crippen LogP contribution >= 0.6 is 0 Å². The number of hydrogen-bond donors (Lipinski definition) is 2. The van der Waals surface area contributed by atoms with E-state index in [4.69, 9.17) is 10.5 Å². The lowest BCUT2D eigenvalue weighted by molar-refractivity contribution is -0.138. The number of amides is 1. The quantitative estimate of drug-likeness (QED) is 0.556. The summed E-state index contributed by atoms with van der Waals surface area (Å²) in [4.78, 5) is 26.3. The number of hydrogen-bond acceptors (Lipinski definition) is 5. The number of rotatable bonds is 4. The molecule has 1 atom stereocenters. The average Bonchev–Trinajstić information content (AvgIpc) is 3.36. The molecule has 1 fully saturated rings. The van der Waals surface area contributed by atoms with Crippen molar-refractivity contribution in [3.8, 4) is 0 Å². The normalized spacial score (nSPS) is 17.1. The van der Waals surface area contributed by atoms with Crippen LogP contribution in [0.3, 0.4) is 0 Å². The van der Waals surface area contributed by atoms with E-state index < -0.39 is 29.5 Å². The Hall–Kier alpha value is -3.21. The molecule has 5 rings (SSSR count). The summed E-state index contributed by atoms with van der Waals surface area (Å²) in [7, 11) is 0. The SMILES string of the molecule is C[C@@H](c1ncc(C(F)(F)F)cc1F)N(C(=O)c1cc2nc(N)c3c(c2[nH]1)COC3)C1CCC1. The highest BCUT2D eigenvalue weighted by molar-refractivity contribution is 5.98. The van der Waals surface area contributed by atoms with Crippen LogP contribution in [0, 0.1) is 5.82 Å². The number of H-pyrrole nitrogens is 1. The lowest BCUT2D eigenvalue weighted by Crippen LogP contribution is -2.46. The number of halogens is 4. The summed E-state index contributed by atoms with van der Waals surface area (Å²) in [6.07, 6.45) is -1.78. The summed E-state index contributed by atoms with van der Waals surface area (Å²) in [6, 6.07) is 0.959. The van der Waals surface area contributed by atoms with E-state index >= 15 is 0 Å². The number of carbonyl (C=O) groups excluding carboxylic acids is 1. The number of aromatic amines is 1. The second-order valence-electron chi connectivity index (χ2n) is 8.45. The molecule has 0 unspecified atom stereocenters. The Kier molecular flexibility index (Phi) is 5.04. The van der Waals surface area contributed by atoms with Gasteiger partial charge in [0.25, 0.3) is 5.91 Å². The second-order valence-corrected chi connectivity index (χ2v) is 8.45. The van der Waals surface area contributed by atoms with Crippen molar-refractivity contribution >= 4 is 22.8 Å². The molecule has 0 spiro atoms. The first-order valence-electron chi connectivity index (χ1n) is 10.6. The Balaban J connectivity index is 1.52. The number of pyridine rings is 2. The van der Waals surface area contributed by atoms with Crippen LogP contribution in [0.4, 0.5) is 23.4 Å². The summed E-state index contributed by atoms with van der Waals surface area (Å²) < 4.78 is 58.9. The molecule has 2 aliphatic rings. The summed E-state index contributed by atoms with van der Waals surface area (Å²) in [5, 5.41) is 0. The van der Waals surface area contributed by atoms with E-state index in [1.54, 1.807) is 13.0 Å². The number of nitrogens with two attached hydrogens (primary N) is 1. The van der Waals surface area contributed by atoms with Crippen molar-refractivity contribution in [2.75, 3.05) is 5.73 Å². The van der Waals surface area contributed by atoms with E-state index in [0.29, 0.717) is 55.2 Å². The van der Waals surface area contributed by atoms with E-state index in [0.717, 1.165) is 17.5 Å². The van der Waals surface area contributed by atoms with Crippen molar-refractivity contribution in [3.63, 3.8) is 0 Å². The molecule has 1 aliphatic heterocycles. The van der Waals surface area contributed by atoms with Gasteiger partial charge >= 0.3 is 6.18 Å². The Morgan fingerprint density at radius 2 is 2.00 bits per heavy atom. The van der Waals surface area contributed by atoms with Gasteiger partial charge in [-0.15, -0.1) is 0 Å². The fourth-order valence-electron chi connectivity index (χ4n) is 4.46. The molecule has 1 amide bonds. The van der Waals surface area contributed by atoms with Gasteiger partial charge in [-0.05, 0) is 38.3 Å². The van der Waals surface area contributed by atoms with E-state index in [1.165, 1.54) is 4.90 Å². The largest absolute Gasteiger partial charge is 0.417 e. The van der Waals surface area contributed by atoms with Gasteiger partial charge in [0, 0.05) is 23.4 Å². The number of alkyl halides is 3. The lowest BCUT2D eigenvalue weighted by Gasteiger charge is -2.41. The molecule has 0 saturated heterocycles. The van der Waals surface area contributed by atoms with E-state index in [9.17, 15) is 22.4 Å². The number of anilines is 1. The van der Waals surface area contributed by atoms with Gasteiger partial charge in [0.1, 0.15) is 17.3 Å². The number of nitrogens with one attached hydrogen (secondary N) is 1. The van der Waals surface area contributed by atoms with Gasteiger partial charge < -0.3 is 20.4 Å². The minimum atomic E-state index is -4.71. The molecule has 1 saturated carbocycles. The van der Waals surface area contributed by atoms with Crippen LogP contribution in [0.15, 0.2) is 18.3 Å². The molecule has 0 bridgehead atoms. The van der Waals surface area contributed by atoms with Crippen LogP contribution in [0.25, 0.3) is 11.0 Å². The molecule has 7 nitrogen and oxygen atoms in total. The highest BCUT2D eigenvalue weighted by Gasteiger charge is 2.37. The van der Waals surface area contributed by atoms with Crippen LogP contribution in [0.1, 0.15) is 65.1 Å². The molecule has 0 aromatic carbocycles. The van der Waals surface area contributed by atoms with Crippen molar-refractivity contribution in [2.45, 2.75) is 57.7 Å². The molecule has 1 aliphatic carbocycles. The molecule has 3 aromatic heterocycles. The van der Waals surface area contributed by atoms with Crippen molar-refractivity contribution in [2.24, 2.45) is 0 Å². The fourth-order valence-corrected chi connectivity index (χ4v) is 4.46. The van der Waals surface area contributed by atoms with Gasteiger partial charge in [0.05, 0.1) is 41.5 Å². The first-order chi connectivity index (χ1) is 15.6. The van der Waals surface area contributed by atoms with Crippen molar-refractivity contribution < 1.29 is 27.1 Å². The summed E-state index contributed by atoms with van der Waals surface area (Å²) in [5.74, 6) is -1.17. The molecule has 3 N–H and O–H groups in total.